The van der Waals surface area contributed by atoms with Crippen molar-refractivity contribution in [3.63, 3.8) is 0 Å². The third-order valence-corrected chi connectivity index (χ3v) is 3.73. The molecule has 0 radical (unpaired) electrons. The molecule has 0 spiro atoms. The summed E-state index contributed by atoms with van der Waals surface area (Å²) >= 11 is 3.49. The van der Waals surface area contributed by atoms with Gasteiger partial charge in [0.2, 0.25) is 0 Å². The fraction of sp³-hybridized carbons (Fsp3) is 0.214. The number of methoxy groups -OCH3 is 1. The van der Waals surface area contributed by atoms with Gasteiger partial charge >= 0.3 is 5.97 Å². The van der Waals surface area contributed by atoms with Gasteiger partial charge in [-0.1, -0.05) is 0 Å². The SMILES string of the molecule is COc1ccc(Br)c(-n2c(C)cc(C(=O)O)c2C)c1. The van der Waals surface area contributed by atoms with Crippen molar-refractivity contribution < 1.29 is 14.6 Å². The molecule has 19 heavy (non-hydrogen) atoms. The van der Waals surface area contributed by atoms with Crippen LogP contribution >= 0.6 is 15.9 Å². The van der Waals surface area contributed by atoms with Crippen LogP contribution in [0.5, 0.6) is 5.75 Å². The number of carbonyl (C=O) groups is 1. The van der Waals surface area contributed by atoms with Crippen molar-refractivity contribution in [1.29, 1.82) is 0 Å². The summed E-state index contributed by atoms with van der Waals surface area (Å²) in [6, 6.07) is 7.27. The van der Waals surface area contributed by atoms with Crippen molar-refractivity contribution in [2.24, 2.45) is 0 Å². The second-order valence-corrected chi connectivity index (χ2v) is 5.10. The van der Waals surface area contributed by atoms with Gasteiger partial charge in [0.05, 0.1) is 18.4 Å². The maximum Gasteiger partial charge on any atom is 0.337 e. The van der Waals surface area contributed by atoms with Gasteiger partial charge in [0.15, 0.2) is 0 Å². The predicted octanol–water partition coefficient (Wildman–Crippen LogP) is 3.56. The highest BCUT2D eigenvalue weighted by Gasteiger charge is 2.17. The largest absolute Gasteiger partial charge is 0.497 e. The molecule has 0 atom stereocenters. The summed E-state index contributed by atoms with van der Waals surface area (Å²) in [5.74, 6) is -0.194. The summed E-state index contributed by atoms with van der Waals surface area (Å²) in [7, 11) is 1.60. The average molecular weight is 324 g/mol. The quantitative estimate of drug-likeness (QED) is 0.939. The maximum absolute atomic E-state index is 11.2. The van der Waals surface area contributed by atoms with E-state index in [1.54, 1.807) is 20.1 Å². The molecular weight excluding hydrogens is 310 g/mol. The Morgan fingerprint density at radius 3 is 2.53 bits per heavy atom. The first-order chi connectivity index (χ1) is 8.95. The molecule has 1 N–H and O–H groups in total. The van der Waals surface area contributed by atoms with E-state index >= 15 is 0 Å². The highest BCUT2D eigenvalue weighted by atomic mass is 79.9. The number of aromatic carboxylic acids is 1. The Morgan fingerprint density at radius 2 is 2.00 bits per heavy atom. The normalized spacial score (nSPS) is 10.5. The summed E-state index contributed by atoms with van der Waals surface area (Å²) < 4.78 is 8.00. The van der Waals surface area contributed by atoms with E-state index in [4.69, 9.17) is 4.74 Å². The van der Waals surface area contributed by atoms with Crippen molar-refractivity contribution >= 4 is 21.9 Å². The minimum absolute atomic E-state index is 0.312. The van der Waals surface area contributed by atoms with Crippen LogP contribution in [-0.2, 0) is 0 Å². The van der Waals surface area contributed by atoms with E-state index < -0.39 is 5.97 Å². The smallest absolute Gasteiger partial charge is 0.337 e. The average Bonchev–Trinajstić information content (AvgIpc) is 2.66. The lowest BCUT2D eigenvalue weighted by Crippen LogP contribution is -2.03. The van der Waals surface area contributed by atoms with Crippen LogP contribution in [0.4, 0.5) is 0 Å². The molecule has 2 rings (SSSR count). The summed E-state index contributed by atoms with van der Waals surface area (Å²) in [6.07, 6.45) is 0. The van der Waals surface area contributed by atoms with Gasteiger partial charge in [0.25, 0.3) is 0 Å². The Bertz CT molecular complexity index is 646. The second kappa shape index (κ2) is 5.09. The molecule has 2 aromatic rings. The molecule has 1 aromatic heterocycles. The van der Waals surface area contributed by atoms with Gasteiger partial charge in [-0.25, -0.2) is 4.79 Å². The summed E-state index contributed by atoms with van der Waals surface area (Å²) in [5.41, 5.74) is 2.73. The lowest BCUT2D eigenvalue weighted by Gasteiger charge is -2.13. The van der Waals surface area contributed by atoms with Crippen molar-refractivity contribution in [1.82, 2.24) is 4.57 Å². The standard InChI is InChI=1S/C14H14BrNO3/c1-8-6-11(14(17)18)9(2)16(8)13-7-10(19-3)4-5-12(13)15/h4-7H,1-3H3,(H,17,18). The molecule has 5 heteroatoms. The zero-order valence-corrected chi connectivity index (χ0v) is 12.5. The van der Waals surface area contributed by atoms with Crippen LogP contribution in [0, 0.1) is 13.8 Å². The topological polar surface area (TPSA) is 51.5 Å². The maximum atomic E-state index is 11.2. The van der Waals surface area contributed by atoms with Crippen LogP contribution in [0.3, 0.4) is 0 Å². The van der Waals surface area contributed by atoms with Crippen LogP contribution in [0.25, 0.3) is 5.69 Å². The van der Waals surface area contributed by atoms with Crippen molar-refractivity contribution in [2.75, 3.05) is 7.11 Å². The number of rotatable bonds is 3. The highest BCUT2D eigenvalue weighted by Crippen LogP contribution is 2.30. The monoisotopic (exact) mass is 323 g/mol. The van der Waals surface area contributed by atoms with Gasteiger partial charge in [-0.05, 0) is 48.0 Å². The molecule has 1 heterocycles. The van der Waals surface area contributed by atoms with E-state index in [9.17, 15) is 9.90 Å². The number of carboxylic acids is 1. The Morgan fingerprint density at radius 1 is 1.32 bits per heavy atom. The van der Waals surface area contributed by atoms with Crippen LogP contribution < -0.4 is 4.74 Å². The molecule has 0 saturated heterocycles. The van der Waals surface area contributed by atoms with E-state index in [-0.39, 0.29) is 0 Å². The number of hydrogen-bond acceptors (Lipinski definition) is 2. The molecule has 0 aliphatic carbocycles. The van der Waals surface area contributed by atoms with Crippen LogP contribution in [0.1, 0.15) is 21.7 Å². The number of nitrogens with zero attached hydrogens (tertiary/aromatic N) is 1. The molecule has 0 saturated carbocycles. The van der Waals surface area contributed by atoms with Gasteiger partial charge in [0.1, 0.15) is 5.75 Å². The molecular formula is C14H14BrNO3. The molecule has 1 aromatic carbocycles. The Hall–Kier alpha value is -1.75. The first-order valence-electron chi connectivity index (χ1n) is 5.72. The number of ether oxygens (including phenoxy) is 1. The summed E-state index contributed by atoms with van der Waals surface area (Å²) in [5, 5.41) is 9.17. The zero-order valence-electron chi connectivity index (χ0n) is 10.9. The molecule has 0 aliphatic rings. The zero-order chi connectivity index (χ0) is 14.2. The number of carboxylic acid groups (broad SMARTS) is 1. The molecule has 0 amide bonds. The fourth-order valence-corrected chi connectivity index (χ4v) is 2.56. The first kappa shape index (κ1) is 13.7. The van der Waals surface area contributed by atoms with Crippen molar-refractivity contribution in [3.8, 4) is 11.4 Å². The predicted molar refractivity (Wildman–Crippen MR) is 76.5 cm³/mol. The molecule has 0 bridgehead atoms. The molecule has 0 aliphatic heterocycles. The third kappa shape index (κ3) is 2.38. The Labute approximate surface area is 119 Å². The lowest BCUT2D eigenvalue weighted by atomic mass is 10.2. The fourth-order valence-electron chi connectivity index (χ4n) is 2.14. The first-order valence-corrected chi connectivity index (χ1v) is 6.51. The van der Waals surface area contributed by atoms with Crippen molar-refractivity contribution in [3.05, 3.63) is 45.7 Å². The summed E-state index contributed by atoms with van der Waals surface area (Å²) in [6.45, 7) is 3.67. The minimum Gasteiger partial charge on any atom is -0.497 e. The number of aryl methyl sites for hydroxylation is 1. The van der Waals surface area contributed by atoms with E-state index in [2.05, 4.69) is 15.9 Å². The lowest BCUT2D eigenvalue weighted by molar-refractivity contribution is 0.0696. The van der Waals surface area contributed by atoms with Crippen molar-refractivity contribution in [2.45, 2.75) is 13.8 Å². The number of hydrogen-bond donors (Lipinski definition) is 1. The van der Waals surface area contributed by atoms with E-state index in [1.165, 1.54) is 0 Å². The van der Waals surface area contributed by atoms with E-state index in [0.29, 0.717) is 11.3 Å². The Balaban J connectivity index is 2.68. The Kier molecular flexibility index (Phi) is 3.66. The summed E-state index contributed by atoms with van der Waals surface area (Å²) in [4.78, 5) is 11.2. The van der Waals surface area contributed by atoms with Gasteiger partial charge in [0, 0.05) is 21.9 Å². The van der Waals surface area contributed by atoms with Crippen LogP contribution in [0.15, 0.2) is 28.7 Å². The van der Waals surface area contributed by atoms with E-state index in [0.717, 1.165) is 21.6 Å². The van der Waals surface area contributed by atoms with Crippen LogP contribution in [-0.4, -0.2) is 22.8 Å². The van der Waals surface area contributed by atoms with Crippen LogP contribution in [0.2, 0.25) is 0 Å². The molecule has 4 nitrogen and oxygen atoms in total. The molecule has 0 unspecified atom stereocenters. The molecule has 100 valence electrons. The van der Waals surface area contributed by atoms with Gasteiger partial charge in [-0.3, -0.25) is 0 Å². The number of benzene rings is 1. The third-order valence-electron chi connectivity index (χ3n) is 3.06. The van der Waals surface area contributed by atoms with E-state index in [1.807, 2.05) is 29.7 Å². The van der Waals surface area contributed by atoms with Gasteiger partial charge in [-0.2, -0.15) is 0 Å². The number of aromatic nitrogens is 1. The minimum atomic E-state index is -0.918. The molecule has 0 fully saturated rings. The second-order valence-electron chi connectivity index (χ2n) is 4.24. The van der Waals surface area contributed by atoms with Gasteiger partial charge < -0.3 is 14.4 Å². The highest BCUT2D eigenvalue weighted by molar-refractivity contribution is 9.10. The van der Waals surface area contributed by atoms with Gasteiger partial charge in [-0.15, -0.1) is 0 Å². The number of halogens is 1.